The molecule has 56 heavy (non-hydrogen) atoms. The van der Waals surface area contributed by atoms with Gasteiger partial charge in [-0.15, -0.1) is 0 Å². The van der Waals surface area contributed by atoms with Gasteiger partial charge in [-0.3, -0.25) is 34.0 Å². The van der Waals surface area contributed by atoms with Crippen LogP contribution in [0.4, 0.5) is 0 Å². The monoisotopic (exact) mass is 801 g/mol. The van der Waals surface area contributed by atoms with E-state index in [4.69, 9.17) is 16.3 Å². The third kappa shape index (κ3) is 16.5. The predicted molar refractivity (Wildman–Crippen MR) is 198 cm³/mol. The standard InChI is InChI=1S/C38H53ClN6O11/c1-38(2,56-30-11-5-27(6-12-30)13-15-40-35(52)28-7-9-29(39)10-8-28)37(55)41-14-3-4-31(36(53)54)45-22-20-43(25-33(48)49)18-16-42(24-32(46)47)17-19-44(21-23-45)26-34(50)51/h5-12,31H,3-4,13-26H2,1-2H3,(H,40,52)(H,41,55)(H,46,47)(H,48,49)(H,50,51)(H,53,54)/p-3. The van der Waals surface area contributed by atoms with Crippen molar-refractivity contribution in [1.29, 1.82) is 0 Å². The molecule has 1 aliphatic heterocycles. The number of rotatable bonds is 19. The van der Waals surface area contributed by atoms with Gasteiger partial charge in [-0.25, -0.2) is 0 Å². The van der Waals surface area contributed by atoms with E-state index < -0.39 is 61.1 Å². The number of aliphatic carboxylic acids is 4. The molecule has 0 radical (unpaired) electrons. The molecule has 2 amide bonds. The summed E-state index contributed by atoms with van der Waals surface area (Å²) in [5.41, 5.74) is 0.171. The first kappa shape index (κ1) is 45.6. The largest absolute Gasteiger partial charge is 0.549 e. The van der Waals surface area contributed by atoms with Gasteiger partial charge in [-0.2, -0.15) is 0 Å². The van der Waals surface area contributed by atoms with Crippen LogP contribution in [0.1, 0.15) is 42.6 Å². The van der Waals surface area contributed by atoms with Crippen LogP contribution in [0.25, 0.3) is 0 Å². The van der Waals surface area contributed by atoms with E-state index in [1.54, 1.807) is 55.1 Å². The normalized spacial score (nSPS) is 16.1. The molecule has 2 aromatic carbocycles. The molecule has 3 rings (SSSR count). The molecule has 1 fully saturated rings. The fourth-order valence-electron chi connectivity index (χ4n) is 6.15. The molecular formula is C38H50ClN6O11-3. The lowest BCUT2D eigenvalue weighted by atomic mass is 10.1. The van der Waals surface area contributed by atoms with Crippen LogP contribution in [-0.4, -0.2) is 157 Å². The molecule has 0 bridgehead atoms. The van der Waals surface area contributed by atoms with E-state index >= 15 is 0 Å². The number of carboxylic acid groups (broad SMARTS) is 4. The molecular weight excluding hydrogens is 752 g/mol. The van der Waals surface area contributed by atoms with E-state index in [9.17, 15) is 49.2 Å². The predicted octanol–water partition coefficient (Wildman–Crippen LogP) is -2.71. The summed E-state index contributed by atoms with van der Waals surface area (Å²) in [7, 11) is 0. The molecule has 308 valence electrons. The second kappa shape index (κ2) is 22.7. The van der Waals surface area contributed by atoms with Crippen molar-refractivity contribution >= 4 is 47.3 Å². The maximum atomic E-state index is 13.1. The average Bonchev–Trinajstić information content (AvgIpc) is 3.12. The number of benzene rings is 2. The van der Waals surface area contributed by atoms with Gasteiger partial charge in [0.1, 0.15) is 11.8 Å². The fourth-order valence-corrected chi connectivity index (χ4v) is 6.27. The number of hydrogen-bond acceptors (Lipinski definition) is 14. The Kier molecular flexibility index (Phi) is 18.5. The number of nitrogens with zero attached hydrogens (tertiary/aromatic N) is 4. The molecule has 2 aromatic rings. The van der Waals surface area contributed by atoms with Crippen molar-refractivity contribution < 1.29 is 53.9 Å². The number of amides is 2. The summed E-state index contributed by atoms with van der Waals surface area (Å²) in [5.74, 6) is -5.36. The van der Waals surface area contributed by atoms with Crippen LogP contribution >= 0.6 is 11.6 Å². The molecule has 0 aromatic heterocycles. The zero-order valence-corrected chi connectivity index (χ0v) is 32.5. The summed E-state index contributed by atoms with van der Waals surface area (Å²) in [6.45, 7) is 3.38. The minimum atomic E-state index is -1.35. The SMILES string of the molecule is CC(C)(Oc1ccc(CCNC(=O)c2ccc(Cl)cc2)cc1)C(=O)NCCCC(C(=O)O)N1CCN(CC(=O)[O-])CCN(CC(=O)[O-])CCN(CC(=O)[O-])CC1. The van der Waals surface area contributed by atoms with Crippen molar-refractivity contribution in [2.45, 2.75) is 44.8 Å². The van der Waals surface area contributed by atoms with Gasteiger partial charge in [0.15, 0.2) is 5.60 Å². The van der Waals surface area contributed by atoms with E-state index in [2.05, 4.69) is 10.6 Å². The Bertz CT molecular complexity index is 1590. The Balaban J connectivity index is 1.55. The van der Waals surface area contributed by atoms with E-state index in [1.165, 1.54) is 14.7 Å². The first-order valence-corrected chi connectivity index (χ1v) is 18.7. The summed E-state index contributed by atoms with van der Waals surface area (Å²) in [4.78, 5) is 78.5. The first-order valence-electron chi connectivity index (χ1n) is 18.4. The Hall–Kier alpha value is -4.81. The highest BCUT2D eigenvalue weighted by Gasteiger charge is 2.31. The Morgan fingerprint density at radius 3 is 1.68 bits per heavy atom. The number of carbonyl (C=O) groups is 6. The lowest BCUT2D eigenvalue weighted by Crippen LogP contribution is -2.53. The van der Waals surface area contributed by atoms with Crippen molar-refractivity contribution in [1.82, 2.24) is 30.2 Å². The zero-order chi connectivity index (χ0) is 41.3. The summed E-state index contributed by atoms with van der Waals surface area (Å²) >= 11 is 5.88. The molecule has 1 atom stereocenters. The molecule has 0 aliphatic carbocycles. The molecule has 1 unspecified atom stereocenters. The van der Waals surface area contributed by atoms with Gasteiger partial charge >= 0.3 is 5.97 Å². The smallest absolute Gasteiger partial charge is 0.320 e. The highest BCUT2D eigenvalue weighted by atomic mass is 35.5. The minimum absolute atomic E-state index is 0.105. The molecule has 18 heteroatoms. The first-order chi connectivity index (χ1) is 26.5. The topological polar surface area (TPSA) is 238 Å². The highest BCUT2D eigenvalue weighted by molar-refractivity contribution is 6.30. The van der Waals surface area contributed by atoms with Gasteiger partial charge in [-0.05, 0) is 75.1 Å². The molecule has 0 saturated carbocycles. The van der Waals surface area contributed by atoms with Crippen molar-refractivity contribution in [3.63, 3.8) is 0 Å². The second-order valence-electron chi connectivity index (χ2n) is 14.0. The quantitative estimate of drug-likeness (QED) is 0.123. The maximum absolute atomic E-state index is 13.1. The van der Waals surface area contributed by atoms with Crippen LogP contribution in [0.5, 0.6) is 5.75 Å². The van der Waals surface area contributed by atoms with E-state index in [0.29, 0.717) is 29.3 Å². The Morgan fingerprint density at radius 1 is 0.732 bits per heavy atom. The Morgan fingerprint density at radius 2 is 1.21 bits per heavy atom. The van der Waals surface area contributed by atoms with Crippen LogP contribution in [0.3, 0.4) is 0 Å². The van der Waals surface area contributed by atoms with Crippen LogP contribution in [0.2, 0.25) is 5.02 Å². The number of carboxylic acids is 4. The molecule has 0 spiro atoms. The lowest BCUT2D eigenvalue weighted by molar-refractivity contribution is -0.308. The third-order valence-corrected chi connectivity index (χ3v) is 9.50. The second-order valence-corrected chi connectivity index (χ2v) is 14.4. The van der Waals surface area contributed by atoms with Crippen molar-refractivity contribution in [2.24, 2.45) is 0 Å². The number of ether oxygens (including phenoxy) is 1. The van der Waals surface area contributed by atoms with Crippen LogP contribution in [0.15, 0.2) is 48.5 Å². The zero-order valence-electron chi connectivity index (χ0n) is 31.7. The van der Waals surface area contributed by atoms with Crippen LogP contribution in [-0.2, 0) is 30.4 Å². The maximum Gasteiger partial charge on any atom is 0.320 e. The summed E-state index contributed by atoms with van der Waals surface area (Å²) in [5, 5.41) is 50.7. The number of nitrogens with one attached hydrogen (secondary N) is 2. The van der Waals surface area contributed by atoms with E-state index in [0.717, 1.165) is 5.56 Å². The molecule has 1 aliphatic rings. The van der Waals surface area contributed by atoms with Crippen molar-refractivity contribution in [3.05, 3.63) is 64.7 Å². The average molecular weight is 802 g/mol. The Labute approximate surface area is 331 Å². The number of halogens is 1. The van der Waals surface area contributed by atoms with Gasteiger partial charge in [0.2, 0.25) is 0 Å². The van der Waals surface area contributed by atoms with Crippen molar-refractivity contribution in [3.8, 4) is 5.75 Å². The van der Waals surface area contributed by atoms with Crippen molar-refractivity contribution in [2.75, 3.05) is 85.1 Å². The number of carbonyl (C=O) groups excluding carboxylic acids is 5. The summed E-state index contributed by atoms with van der Waals surface area (Å²) < 4.78 is 5.98. The van der Waals surface area contributed by atoms with Gasteiger partial charge in [-0.1, -0.05) is 23.7 Å². The van der Waals surface area contributed by atoms with Gasteiger partial charge in [0.25, 0.3) is 11.8 Å². The molecule has 17 nitrogen and oxygen atoms in total. The van der Waals surface area contributed by atoms with E-state index in [1.807, 2.05) is 12.1 Å². The molecule has 1 heterocycles. The van der Waals surface area contributed by atoms with Crippen LogP contribution < -0.4 is 30.7 Å². The fraction of sp³-hybridized carbons (Fsp3) is 0.526. The minimum Gasteiger partial charge on any atom is -0.549 e. The highest BCUT2D eigenvalue weighted by Crippen LogP contribution is 2.20. The molecule has 3 N–H and O–H groups in total. The van der Waals surface area contributed by atoms with Gasteiger partial charge < -0.3 is 50.2 Å². The lowest BCUT2D eigenvalue weighted by Gasteiger charge is -2.36. The van der Waals surface area contributed by atoms with Gasteiger partial charge in [0, 0.05) is 95.7 Å². The number of hydrogen-bond donors (Lipinski definition) is 3. The summed E-state index contributed by atoms with van der Waals surface area (Å²) in [6, 6.07) is 12.7. The molecule has 1 saturated heterocycles. The van der Waals surface area contributed by atoms with Crippen LogP contribution in [0, 0.1) is 0 Å². The summed E-state index contributed by atoms with van der Waals surface area (Å²) in [6.07, 6.45) is 0.945. The third-order valence-electron chi connectivity index (χ3n) is 9.24. The van der Waals surface area contributed by atoms with E-state index in [-0.39, 0.29) is 77.7 Å². The van der Waals surface area contributed by atoms with Gasteiger partial charge in [0.05, 0.1) is 17.9 Å².